The molecule has 1 aliphatic carbocycles. The van der Waals surface area contributed by atoms with E-state index in [1.165, 1.54) is 23.3 Å². The van der Waals surface area contributed by atoms with E-state index in [2.05, 4.69) is 17.0 Å². The molecule has 3 aromatic rings. The smallest absolute Gasteiger partial charge is 0.297 e. The van der Waals surface area contributed by atoms with Gasteiger partial charge in [-0.3, -0.25) is 4.90 Å². The van der Waals surface area contributed by atoms with Crippen LogP contribution in [0.15, 0.2) is 77.7 Å². The van der Waals surface area contributed by atoms with Crippen LogP contribution in [0.25, 0.3) is 0 Å². The monoisotopic (exact) mass is 553 g/mol. The van der Waals surface area contributed by atoms with Crippen LogP contribution in [0.1, 0.15) is 40.7 Å². The zero-order valence-corrected chi connectivity index (χ0v) is 21.2. The van der Waals surface area contributed by atoms with Crippen LogP contribution in [0.3, 0.4) is 0 Å². The van der Waals surface area contributed by atoms with Crippen LogP contribution < -0.4 is 0 Å². The Hall–Kier alpha value is -2.52. The topological polar surface area (TPSA) is 3.24 Å². The van der Waals surface area contributed by atoms with E-state index in [1.807, 2.05) is 36.4 Å². The van der Waals surface area contributed by atoms with Crippen molar-refractivity contribution < 1.29 is 30.7 Å². The number of rotatable bonds is 6. The summed E-state index contributed by atoms with van der Waals surface area (Å²) < 4.78 is 93.9. The highest BCUT2D eigenvalue weighted by Gasteiger charge is 2.73. The summed E-state index contributed by atoms with van der Waals surface area (Å²) in [5.41, 5.74) is -2.63. The number of hydrogen-bond donors (Lipinski definition) is 0. The largest absolute Gasteiger partial charge is 0.435 e. The molecule has 1 nitrogen and oxygen atoms in total. The van der Waals surface area contributed by atoms with Crippen molar-refractivity contribution in [3.8, 4) is 0 Å². The molecule has 2 aliphatic rings. The molecule has 1 unspecified atom stereocenters. The van der Waals surface area contributed by atoms with Crippen LogP contribution in [-0.2, 0) is 29.8 Å². The Kier molecular flexibility index (Phi) is 7.05. The maximum absolute atomic E-state index is 14.7. The lowest BCUT2D eigenvalue weighted by atomic mass is 9.90. The maximum Gasteiger partial charge on any atom is 0.435 e. The molecule has 0 N–H and O–H groups in total. The molecule has 1 saturated heterocycles. The molecule has 0 aromatic heterocycles. The average molecular weight is 554 g/mol. The first-order valence-corrected chi connectivity index (χ1v) is 13.2. The Morgan fingerprint density at radius 3 is 2.08 bits per heavy atom. The summed E-state index contributed by atoms with van der Waals surface area (Å²) in [6.07, 6.45) is -8.53. The number of aryl methyl sites for hydroxylation is 2. The molecule has 1 atom stereocenters. The minimum Gasteiger partial charge on any atom is -0.297 e. The van der Waals surface area contributed by atoms with Gasteiger partial charge < -0.3 is 0 Å². The van der Waals surface area contributed by atoms with Crippen LogP contribution in [0.5, 0.6) is 0 Å². The van der Waals surface area contributed by atoms with Crippen LogP contribution in [0.2, 0.25) is 0 Å². The van der Waals surface area contributed by atoms with Gasteiger partial charge in [0, 0.05) is 30.1 Å². The van der Waals surface area contributed by atoms with Gasteiger partial charge in [-0.1, -0.05) is 60.7 Å². The number of benzene rings is 3. The fourth-order valence-electron chi connectivity index (χ4n) is 5.54. The van der Waals surface area contributed by atoms with Gasteiger partial charge in [-0.2, -0.15) is 26.3 Å². The molecule has 38 heavy (non-hydrogen) atoms. The molecule has 0 bridgehead atoms. The molecule has 0 spiro atoms. The number of alkyl halides is 7. The Labute approximate surface area is 221 Å². The normalized spacial score (nSPS) is 20.6. The van der Waals surface area contributed by atoms with Crippen LogP contribution in [0, 0.1) is 0 Å². The number of thioether (sulfide) groups is 1. The summed E-state index contributed by atoms with van der Waals surface area (Å²) in [6.45, 7) is 1.91. The van der Waals surface area contributed by atoms with Gasteiger partial charge in [0.2, 0.25) is 0 Å². The second kappa shape index (κ2) is 9.90. The molecular weight excluding hydrogens is 527 g/mol. The van der Waals surface area contributed by atoms with Crippen molar-refractivity contribution in [2.75, 3.05) is 13.1 Å². The van der Waals surface area contributed by atoms with Crippen molar-refractivity contribution >= 4 is 11.8 Å². The number of nitrogens with zero attached hydrogens (tertiary/aromatic N) is 1. The van der Waals surface area contributed by atoms with Gasteiger partial charge in [-0.25, -0.2) is 4.39 Å². The van der Waals surface area contributed by atoms with Crippen molar-refractivity contribution in [3.63, 3.8) is 0 Å². The van der Waals surface area contributed by atoms with E-state index >= 15 is 0 Å². The van der Waals surface area contributed by atoms with Gasteiger partial charge in [0.25, 0.3) is 0 Å². The van der Waals surface area contributed by atoms with E-state index in [9.17, 15) is 30.7 Å². The summed E-state index contributed by atoms with van der Waals surface area (Å²) in [5, 5.41) is 0. The predicted molar refractivity (Wildman–Crippen MR) is 134 cm³/mol. The highest BCUT2D eigenvalue weighted by Crippen LogP contribution is 2.54. The molecule has 5 rings (SSSR count). The summed E-state index contributed by atoms with van der Waals surface area (Å²) in [6, 6.07) is 19.9. The van der Waals surface area contributed by atoms with Crippen molar-refractivity contribution in [1.29, 1.82) is 0 Å². The number of likely N-dealkylation sites (tertiary alicyclic amines) is 1. The molecule has 0 radical (unpaired) electrons. The Morgan fingerprint density at radius 2 is 1.42 bits per heavy atom. The lowest BCUT2D eigenvalue weighted by Gasteiger charge is -2.32. The first-order valence-electron chi connectivity index (χ1n) is 12.4. The van der Waals surface area contributed by atoms with Gasteiger partial charge in [-0.15, -0.1) is 11.8 Å². The third-order valence-electron chi connectivity index (χ3n) is 7.53. The van der Waals surface area contributed by atoms with E-state index < -0.39 is 28.3 Å². The van der Waals surface area contributed by atoms with Crippen molar-refractivity contribution in [2.45, 2.75) is 59.9 Å². The van der Waals surface area contributed by atoms with E-state index in [0.29, 0.717) is 43.8 Å². The zero-order chi connectivity index (χ0) is 27.2. The molecule has 1 fully saturated rings. The standard InChI is InChI=1S/C29H26F7NS/c30-27(28(31,32)33,29(34,35)36)24-12-10-23(11-13-24)26(38-25-14-9-21-7-4-8-22(21)17-25)15-16-37(19-26)18-20-5-2-1-3-6-20/h1-3,5-6,9-14,17H,4,7-8,15-16,18-19H2. The van der Waals surface area contributed by atoms with Gasteiger partial charge in [0.05, 0.1) is 4.75 Å². The highest BCUT2D eigenvalue weighted by atomic mass is 32.2. The fourth-order valence-corrected chi connectivity index (χ4v) is 7.02. The molecule has 0 saturated carbocycles. The molecule has 1 heterocycles. The highest BCUT2D eigenvalue weighted by molar-refractivity contribution is 8.00. The van der Waals surface area contributed by atoms with E-state index in [4.69, 9.17) is 0 Å². The van der Waals surface area contributed by atoms with Crippen molar-refractivity contribution in [2.24, 2.45) is 0 Å². The zero-order valence-electron chi connectivity index (χ0n) is 20.4. The first kappa shape index (κ1) is 27.1. The van der Waals surface area contributed by atoms with Crippen molar-refractivity contribution in [3.05, 3.63) is 101 Å². The number of hydrogen-bond acceptors (Lipinski definition) is 2. The van der Waals surface area contributed by atoms with Gasteiger partial charge in [0.1, 0.15) is 0 Å². The molecule has 0 amide bonds. The van der Waals surface area contributed by atoms with E-state index in [0.717, 1.165) is 29.7 Å². The minimum atomic E-state index is -6.14. The van der Waals surface area contributed by atoms with Crippen LogP contribution in [0.4, 0.5) is 30.7 Å². The maximum atomic E-state index is 14.7. The summed E-state index contributed by atoms with van der Waals surface area (Å²) >= 11 is 1.58. The summed E-state index contributed by atoms with van der Waals surface area (Å²) in [4.78, 5) is 3.23. The molecule has 9 heteroatoms. The van der Waals surface area contributed by atoms with Crippen LogP contribution in [-0.4, -0.2) is 30.3 Å². The summed E-state index contributed by atoms with van der Waals surface area (Å²) in [7, 11) is 0. The minimum absolute atomic E-state index is 0.544. The number of halogens is 7. The Bertz CT molecular complexity index is 1260. The second-order valence-electron chi connectivity index (χ2n) is 10.1. The van der Waals surface area contributed by atoms with Gasteiger partial charge in [-0.05, 0) is 60.1 Å². The lowest BCUT2D eigenvalue weighted by Crippen LogP contribution is -2.50. The average Bonchev–Trinajstić information content (AvgIpc) is 3.50. The SMILES string of the molecule is FC(F)(F)C(F)(c1ccc(C2(Sc3ccc4c(c3)CCC4)CCN(Cc3ccccc3)C2)cc1)C(F)(F)F. The van der Waals surface area contributed by atoms with E-state index in [-0.39, 0.29) is 0 Å². The Balaban J connectivity index is 1.49. The predicted octanol–water partition coefficient (Wildman–Crippen LogP) is 8.36. The van der Waals surface area contributed by atoms with E-state index in [1.54, 1.807) is 11.8 Å². The quantitative estimate of drug-likeness (QED) is 0.282. The fraction of sp³-hybridized carbons (Fsp3) is 0.379. The molecule has 202 valence electrons. The molecule has 1 aliphatic heterocycles. The lowest BCUT2D eigenvalue weighted by molar-refractivity contribution is -0.348. The third-order valence-corrected chi connectivity index (χ3v) is 8.98. The molecule has 3 aromatic carbocycles. The van der Waals surface area contributed by atoms with Gasteiger partial charge >= 0.3 is 18.0 Å². The third kappa shape index (κ3) is 4.95. The van der Waals surface area contributed by atoms with Crippen LogP contribution >= 0.6 is 11.8 Å². The van der Waals surface area contributed by atoms with Gasteiger partial charge in [0.15, 0.2) is 0 Å². The molecular formula is C29H26F7NS. The summed E-state index contributed by atoms with van der Waals surface area (Å²) in [5.74, 6) is 0. The Morgan fingerprint density at radius 1 is 0.763 bits per heavy atom. The van der Waals surface area contributed by atoms with Crippen molar-refractivity contribution in [1.82, 2.24) is 4.90 Å². The second-order valence-corrected chi connectivity index (χ2v) is 11.5. The number of fused-ring (bicyclic) bond motifs is 1. The first-order chi connectivity index (χ1) is 17.9.